The molecule has 5 amide bonds. The van der Waals surface area contributed by atoms with E-state index in [-0.39, 0.29) is 32.6 Å². The van der Waals surface area contributed by atoms with Crippen molar-refractivity contribution in [3.63, 3.8) is 0 Å². The van der Waals surface area contributed by atoms with Gasteiger partial charge in [-0.25, -0.2) is 14.6 Å². The van der Waals surface area contributed by atoms with Gasteiger partial charge in [-0.1, -0.05) is 60.7 Å². The molecule has 2 aromatic carbocycles. The van der Waals surface area contributed by atoms with Gasteiger partial charge in [0.25, 0.3) is 0 Å². The van der Waals surface area contributed by atoms with Gasteiger partial charge in [0.15, 0.2) is 0 Å². The number of aromatic nitrogens is 2. The topological polar surface area (TPSA) is 207 Å². The number of H-pyrrole nitrogens is 1. The quantitative estimate of drug-likeness (QED) is 0.123. The lowest BCUT2D eigenvalue weighted by Gasteiger charge is -2.23. The van der Waals surface area contributed by atoms with Gasteiger partial charge in [-0.3, -0.25) is 14.4 Å². The van der Waals surface area contributed by atoms with Crippen molar-refractivity contribution in [1.29, 1.82) is 0 Å². The molecule has 1 heterocycles. The van der Waals surface area contributed by atoms with Gasteiger partial charge in [0.2, 0.25) is 17.7 Å². The Kier molecular flexibility index (Phi) is 13.7. The van der Waals surface area contributed by atoms with E-state index in [9.17, 15) is 24.0 Å². The molecular weight excluding hydrogens is 570 g/mol. The minimum Gasteiger partial charge on any atom is -0.445 e. The Hall–Kier alpha value is -5.40. The summed E-state index contributed by atoms with van der Waals surface area (Å²) < 4.78 is 10.5. The van der Waals surface area contributed by atoms with Crippen LogP contribution in [0.25, 0.3) is 0 Å². The van der Waals surface area contributed by atoms with Crippen LogP contribution in [0.4, 0.5) is 9.59 Å². The lowest BCUT2D eigenvalue weighted by molar-refractivity contribution is -0.130. The fraction of sp³-hybridized carbons (Fsp3) is 0.333. The van der Waals surface area contributed by atoms with Gasteiger partial charge < -0.3 is 41.5 Å². The highest BCUT2D eigenvalue weighted by Gasteiger charge is 2.28. The normalized spacial score (nSPS) is 11.8. The van der Waals surface area contributed by atoms with E-state index in [2.05, 4.69) is 31.2 Å². The van der Waals surface area contributed by atoms with E-state index in [4.69, 9.17) is 15.2 Å². The van der Waals surface area contributed by atoms with Crippen molar-refractivity contribution in [3.8, 4) is 0 Å². The van der Waals surface area contributed by atoms with Crippen LogP contribution in [-0.2, 0) is 43.5 Å². The summed E-state index contributed by atoms with van der Waals surface area (Å²) in [5.41, 5.74) is 7.32. The van der Waals surface area contributed by atoms with Crippen LogP contribution in [-0.4, -0.2) is 65.0 Å². The third-order valence-corrected chi connectivity index (χ3v) is 6.27. The second kappa shape index (κ2) is 18.2. The van der Waals surface area contributed by atoms with Gasteiger partial charge in [-0.15, -0.1) is 0 Å². The smallest absolute Gasteiger partial charge is 0.408 e. The van der Waals surface area contributed by atoms with Crippen molar-refractivity contribution in [2.45, 2.75) is 51.0 Å². The number of benzene rings is 2. The Bertz CT molecular complexity index is 1340. The van der Waals surface area contributed by atoms with Gasteiger partial charge in [-0.2, -0.15) is 0 Å². The molecule has 0 aliphatic heterocycles. The van der Waals surface area contributed by atoms with Gasteiger partial charge in [0.1, 0.15) is 25.3 Å². The molecule has 2 atom stereocenters. The highest BCUT2D eigenvalue weighted by Crippen LogP contribution is 2.07. The minimum atomic E-state index is -1.10. The number of hydrogen-bond acceptors (Lipinski definition) is 8. The zero-order valence-corrected chi connectivity index (χ0v) is 24.1. The van der Waals surface area contributed by atoms with Crippen molar-refractivity contribution in [2.24, 2.45) is 5.73 Å². The Morgan fingerprint density at radius 2 is 1.41 bits per heavy atom. The maximum Gasteiger partial charge on any atom is 0.408 e. The Morgan fingerprint density at radius 3 is 2.00 bits per heavy atom. The van der Waals surface area contributed by atoms with Crippen LogP contribution in [0.1, 0.15) is 36.1 Å². The molecule has 1 aromatic heterocycles. The highest BCUT2D eigenvalue weighted by atomic mass is 16.6. The summed E-state index contributed by atoms with van der Waals surface area (Å²) in [4.78, 5) is 68.8. The number of ether oxygens (including phenoxy) is 2. The van der Waals surface area contributed by atoms with E-state index in [1.807, 2.05) is 36.4 Å². The monoisotopic (exact) mass is 607 g/mol. The fourth-order valence-electron chi connectivity index (χ4n) is 4.01. The van der Waals surface area contributed by atoms with Crippen LogP contribution in [0.3, 0.4) is 0 Å². The minimum absolute atomic E-state index is 0.00595. The SMILES string of the molecule is NC(=O)CNC(=O)[C@H](Cc1cnc[nH]1)NC(=O)[C@H](CCCCNC(=O)OCc1ccccc1)NC(=O)OCc1ccccc1. The van der Waals surface area contributed by atoms with Crippen LogP contribution in [0.2, 0.25) is 0 Å². The molecule has 0 fully saturated rings. The molecule has 44 heavy (non-hydrogen) atoms. The first-order valence-electron chi connectivity index (χ1n) is 14.1. The number of alkyl carbamates (subject to hydrolysis) is 2. The van der Waals surface area contributed by atoms with Crippen LogP contribution in [0.15, 0.2) is 73.2 Å². The summed E-state index contributed by atoms with van der Waals surface area (Å²) in [7, 11) is 0. The van der Waals surface area contributed by atoms with E-state index in [0.717, 1.165) is 11.1 Å². The summed E-state index contributed by atoms with van der Waals surface area (Å²) >= 11 is 0. The maximum absolute atomic E-state index is 13.4. The molecule has 0 saturated heterocycles. The predicted octanol–water partition coefficient (Wildman–Crippen LogP) is 1.43. The molecule has 14 nitrogen and oxygen atoms in total. The first kappa shape index (κ1) is 33.1. The van der Waals surface area contributed by atoms with E-state index in [1.54, 1.807) is 24.3 Å². The third kappa shape index (κ3) is 12.6. The Labute approximate surface area is 254 Å². The summed E-state index contributed by atoms with van der Waals surface area (Å²) in [6, 6.07) is 16.1. The van der Waals surface area contributed by atoms with Gasteiger partial charge in [0, 0.05) is 24.9 Å². The third-order valence-electron chi connectivity index (χ3n) is 6.27. The van der Waals surface area contributed by atoms with Crippen LogP contribution in [0.5, 0.6) is 0 Å². The van der Waals surface area contributed by atoms with Gasteiger partial charge in [-0.05, 0) is 30.4 Å². The van der Waals surface area contributed by atoms with E-state index < -0.39 is 48.5 Å². The molecule has 0 aliphatic rings. The molecule has 0 bridgehead atoms. The number of rotatable bonds is 17. The number of carbonyl (C=O) groups excluding carboxylic acids is 5. The maximum atomic E-state index is 13.4. The summed E-state index contributed by atoms with van der Waals surface area (Å²) in [6.45, 7) is -0.00843. The number of amides is 5. The number of aromatic amines is 1. The number of nitrogens with two attached hydrogens (primary N) is 1. The summed E-state index contributed by atoms with van der Waals surface area (Å²) in [5.74, 6) is -2.03. The molecule has 3 aromatic rings. The van der Waals surface area contributed by atoms with E-state index in [0.29, 0.717) is 18.5 Å². The molecule has 0 aliphatic carbocycles. The average molecular weight is 608 g/mol. The zero-order chi connectivity index (χ0) is 31.6. The van der Waals surface area contributed by atoms with Gasteiger partial charge >= 0.3 is 12.2 Å². The molecule has 3 rings (SSSR count). The second-order valence-electron chi connectivity index (χ2n) is 9.77. The number of nitrogens with one attached hydrogen (secondary N) is 5. The molecule has 234 valence electrons. The zero-order valence-electron chi connectivity index (χ0n) is 24.1. The van der Waals surface area contributed by atoms with Crippen molar-refractivity contribution < 1.29 is 33.4 Å². The highest BCUT2D eigenvalue weighted by molar-refractivity contribution is 5.92. The van der Waals surface area contributed by atoms with E-state index in [1.165, 1.54) is 12.5 Å². The molecule has 14 heteroatoms. The molecule has 7 N–H and O–H groups in total. The van der Waals surface area contributed by atoms with Crippen molar-refractivity contribution in [1.82, 2.24) is 31.2 Å². The molecule has 0 spiro atoms. The van der Waals surface area contributed by atoms with Crippen molar-refractivity contribution >= 4 is 29.9 Å². The standard InChI is InChI=1S/C30H37N7O7/c31-26(38)17-34-27(39)25(15-23-16-32-20-35-23)36-28(40)24(37-30(42)44-19-22-11-5-2-6-12-22)13-7-8-14-33-29(41)43-18-21-9-3-1-4-10-21/h1-6,9-12,16,20,24-25H,7-8,13-15,17-19H2,(H2,31,38)(H,32,35)(H,33,41)(H,34,39)(H,36,40)(H,37,42)/t24-,25-/m0/s1. The van der Waals surface area contributed by atoms with Crippen LogP contribution < -0.4 is 27.0 Å². The number of imidazole rings is 1. The number of primary amides is 1. The Morgan fingerprint density at radius 1 is 0.773 bits per heavy atom. The molecule has 0 saturated carbocycles. The van der Waals surface area contributed by atoms with Crippen molar-refractivity contribution in [2.75, 3.05) is 13.1 Å². The van der Waals surface area contributed by atoms with Gasteiger partial charge in [0.05, 0.1) is 12.9 Å². The van der Waals surface area contributed by atoms with E-state index >= 15 is 0 Å². The lowest BCUT2D eigenvalue weighted by Crippen LogP contribution is -2.55. The number of unbranched alkanes of at least 4 members (excludes halogenated alkanes) is 1. The fourth-order valence-corrected chi connectivity index (χ4v) is 4.01. The first-order valence-corrected chi connectivity index (χ1v) is 14.1. The number of carbonyl (C=O) groups is 5. The first-order chi connectivity index (χ1) is 21.3. The van der Waals surface area contributed by atoms with Crippen molar-refractivity contribution in [3.05, 3.63) is 90.0 Å². The number of nitrogens with zero attached hydrogens (tertiary/aromatic N) is 1. The summed E-state index contributed by atoms with van der Waals surface area (Å²) in [5, 5.41) is 10.2. The van der Waals surface area contributed by atoms with Crippen LogP contribution >= 0.6 is 0 Å². The van der Waals surface area contributed by atoms with Crippen LogP contribution in [0, 0.1) is 0 Å². The Balaban J connectivity index is 1.56. The molecular formula is C30H37N7O7. The lowest BCUT2D eigenvalue weighted by atomic mass is 10.1. The number of hydrogen-bond donors (Lipinski definition) is 6. The predicted molar refractivity (Wildman–Crippen MR) is 158 cm³/mol. The average Bonchev–Trinajstić information content (AvgIpc) is 3.54. The molecule has 0 unspecified atom stereocenters. The second-order valence-corrected chi connectivity index (χ2v) is 9.77. The molecule has 0 radical (unpaired) electrons. The summed E-state index contributed by atoms with van der Waals surface area (Å²) in [6.07, 6.45) is 2.64. The largest absolute Gasteiger partial charge is 0.445 e.